The second-order valence-corrected chi connectivity index (χ2v) is 4.20. The second-order valence-electron chi connectivity index (χ2n) is 4.20. The first-order valence-electron chi connectivity index (χ1n) is 6.16. The molecule has 0 spiro atoms. The molecular weight excluding hydrogens is 230 g/mol. The van der Waals surface area contributed by atoms with Crippen LogP contribution in [0.3, 0.4) is 0 Å². The predicted octanol–water partition coefficient (Wildman–Crippen LogP) is 2.08. The van der Waals surface area contributed by atoms with Gasteiger partial charge in [0.05, 0.1) is 13.2 Å². The Morgan fingerprint density at radius 3 is 2.89 bits per heavy atom. The molecule has 0 saturated carbocycles. The van der Waals surface area contributed by atoms with Crippen molar-refractivity contribution in [3.05, 3.63) is 23.8 Å². The van der Waals surface area contributed by atoms with Gasteiger partial charge in [0.2, 0.25) is 0 Å². The molecule has 0 atom stereocenters. The Morgan fingerprint density at radius 2 is 2.11 bits per heavy atom. The third kappa shape index (κ3) is 3.06. The molecule has 5 nitrogen and oxygen atoms in total. The summed E-state index contributed by atoms with van der Waals surface area (Å²) in [5, 5.41) is 8.72. The maximum Gasteiger partial charge on any atom is 0.305 e. The summed E-state index contributed by atoms with van der Waals surface area (Å²) in [6, 6.07) is 5.98. The fourth-order valence-corrected chi connectivity index (χ4v) is 1.77. The van der Waals surface area contributed by atoms with Gasteiger partial charge in [-0.25, -0.2) is 0 Å². The van der Waals surface area contributed by atoms with Gasteiger partial charge in [-0.05, 0) is 38.0 Å². The largest absolute Gasteiger partial charge is 0.466 e. The van der Waals surface area contributed by atoms with Crippen molar-refractivity contribution >= 4 is 17.0 Å². The molecule has 0 amide bonds. The summed E-state index contributed by atoms with van der Waals surface area (Å²) in [5.41, 5.74) is 2.95. The molecule has 18 heavy (non-hydrogen) atoms. The lowest BCUT2D eigenvalue weighted by molar-refractivity contribution is -0.143. The number of benzene rings is 1. The van der Waals surface area contributed by atoms with E-state index in [1.165, 1.54) is 5.56 Å². The third-order valence-electron chi connectivity index (χ3n) is 2.62. The van der Waals surface area contributed by atoms with Crippen molar-refractivity contribution in [1.82, 2.24) is 15.0 Å². The van der Waals surface area contributed by atoms with Gasteiger partial charge >= 0.3 is 5.97 Å². The number of aromatic nitrogens is 3. The number of carbonyl (C=O) groups is 1. The zero-order valence-corrected chi connectivity index (χ0v) is 10.7. The van der Waals surface area contributed by atoms with Crippen LogP contribution in [0.25, 0.3) is 11.0 Å². The van der Waals surface area contributed by atoms with Crippen LogP contribution < -0.4 is 0 Å². The van der Waals surface area contributed by atoms with E-state index in [1.807, 2.05) is 32.0 Å². The maximum absolute atomic E-state index is 11.2. The zero-order chi connectivity index (χ0) is 13.0. The lowest BCUT2D eigenvalue weighted by Gasteiger charge is -2.00. The van der Waals surface area contributed by atoms with Gasteiger partial charge in [-0.1, -0.05) is 6.07 Å². The van der Waals surface area contributed by atoms with Crippen molar-refractivity contribution in [2.45, 2.75) is 33.2 Å². The molecule has 1 aromatic heterocycles. The second kappa shape index (κ2) is 5.62. The summed E-state index contributed by atoms with van der Waals surface area (Å²) in [4.78, 5) is 12.8. The minimum absolute atomic E-state index is 0.162. The molecule has 96 valence electrons. The van der Waals surface area contributed by atoms with Crippen LogP contribution in [-0.2, 0) is 16.1 Å². The van der Waals surface area contributed by atoms with Gasteiger partial charge in [0.15, 0.2) is 0 Å². The fraction of sp³-hybridized carbons (Fsp3) is 0.462. The third-order valence-corrected chi connectivity index (χ3v) is 2.62. The highest BCUT2D eigenvalue weighted by Gasteiger charge is 2.05. The molecule has 0 fully saturated rings. The van der Waals surface area contributed by atoms with E-state index in [0.29, 0.717) is 26.0 Å². The summed E-state index contributed by atoms with van der Waals surface area (Å²) in [6.45, 7) is 4.90. The van der Waals surface area contributed by atoms with Gasteiger partial charge in [0.25, 0.3) is 0 Å². The van der Waals surface area contributed by atoms with Crippen molar-refractivity contribution in [3.63, 3.8) is 0 Å². The monoisotopic (exact) mass is 247 g/mol. The van der Waals surface area contributed by atoms with Crippen molar-refractivity contribution in [3.8, 4) is 0 Å². The molecule has 0 N–H and O–H groups in total. The van der Waals surface area contributed by atoms with E-state index < -0.39 is 0 Å². The van der Waals surface area contributed by atoms with Crippen molar-refractivity contribution in [2.24, 2.45) is 0 Å². The van der Waals surface area contributed by atoms with E-state index in [-0.39, 0.29) is 5.97 Å². The Bertz CT molecular complexity index is 548. The Morgan fingerprint density at radius 1 is 1.33 bits per heavy atom. The van der Waals surface area contributed by atoms with Crippen LogP contribution in [0, 0.1) is 6.92 Å². The number of aryl methyl sites for hydroxylation is 2. The van der Waals surface area contributed by atoms with E-state index in [4.69, 9.17) is 4.74 Å². The fourth-order valence-electron chi connectivity index (χ4n) is 1.77. The van der Waals surface area contributed by atoms with E-state index >= 15 is 0 Å². The van der Waals surface area contributed by atoms with E-state index in [2.05, 4.69) is 10.2 Å². The van der Waals surface area contributed by atoms with Gasteiger partial charge in [-0.2, -0.15) is 15.0 Å². The normalized spacial score (nSPS) is 10.8. The van der Waals surface area contributed by atoms with Gasteiger partial charge in [-0.3, -0.25) is 4.79 Å². The smallest absolute Gasteiger partial charge is 0.305 e. The first kappa shape index (κ1) is 12.5. The highest BCUT2D eigenvalue weighted by molar-refractivity contribution is 5.74. The first-order valence-corrected chi connectivity index (χ1v) is 6.16. The Hall–Kier alpha value is -1.91. The van der Waals surface area contributed by atoms with E-state index in [0.717, 1.165) is 11.0 Å². The van der Waals surface area contributed by atoms with Gasteiger partial charge < -0.3 is 4.74 Å². The van der Waals surface area contributed by atoms with Crippen LogP contribution in [0.4, 0.5) is 0 Å². The first-order chi connectivity index (χ1) is 8.69. The number of hydrogen-bond acceptors (Lipinski definition) is 4. The lowest BCUT2D eigenvalue weighted by Crippen LogP contribution is -2.07. The molecule has 0 aliphatic carbocycles. The SMILES string of the molecule is CCOC(=O)CCCn1nc2ccc(C)cc2n1. The summed E-state index contributed by atoms with van der Waals surface area (Å²) in [6.07, 6.45) is 1.10. The number of ether oxygens (including phenoxy) is 1. The maximum atomic E-state index is 11.2. The summed E-state index contributed by atoms with van der Waals surface area (Å²) in [5.74, 6) is -0.162. The van der Waals surface area contributed by atoms with Crippen LogP contribution in [-0.4, -0.2) is 27.6 Å². The number of hydrogen-bond donors (Lipinski definition) is 0. The summed E-state index contributed by atoms with van der Waals surface area (Å²) < 4.78 is 4.87. The van der Waals surface area contributed by atoms with E-state index in [9.17, 15) is 4.79 Å². The predicted molar refractivity (Wildman–Crippen MR) is 68.1 cm³/mol. The molecular formula is C13H17N3O2. The van der Waals surface area contributed by atoms with Crippen molar-refractivity contribution in [1.29, 1.82) is 0 Å². The zero-order valence-electron chi connectivity index (χ0n) is 10.7. The van der Waals surface area contributed by atoms with Crippen LogP contribution in [0.2, 0.25) is 0 Å². The molecule has 0 aliphatic rings. The molecule has 0 saturated heterocycles. The Labute approximate surface area is 106 Å². The quantitative estimate of drug-likeness (QED) is 0.759. The lowest BCUT2D eigenvalue weighted by atomic mass is 10.2. The van der Waals surface area contributed by atoms with E-state index in [1.54, 1.807) is 4.80 Å². The number of esters is 1. The van der Waals surface area contributed by atoms with Crippen molar-refractivity contribution in [2.75, 3.05) is 6.61 Å². The topological polar surface area (TPSA) is 57.0 Å². The Kier molecular flexibility index (Phi) is 3.92. The van der Waals surface area contributed by atoms with Gasteiger partial charge in [-0.15, -0.1) is 0 Å². The van der Waals surface area contributed by atoms with Crippen LogP contribution >= 0.6 is 0 Å². The molecule has 1 aromatic carbocycles. The minimum Gasteiger partial charge on any atom is -0.466 e. The molecule has 0 bridgehead atoms. The highest BCUT2D eigenvalue weighted by atomic mass is 16.5. The Balaban J connectivity index is 1.94. The van der Waals surface area contributed by atoms with Gasteiger partial charge in [0.1, 0.15) is 11.0 Å². The minimum atomic E-state index is -0.162. The molecule has 2 aromatic rings. The van der Waals surface area contributed by atoms with Crippen LogP contribution in [0.5, 0.6) is 0 Å². The molecule has 5 heteroatoms. The van der Waals surface area contributed by atoms with Crippen molar-refractivity contribution < 1.29 is 9.53 Å². The molecule has 1 heterocycles. The molecule has 0 radical (unpaired) electrons. The summed E-state index contributed by atoms with van der Waals surface area (Å²) in [7, 11) is 0. The molecule has 2 rings (SSSR count). The van der Waals surface area contributed by atoms with Crippen LogP contribution in [0.1, 0.15) is 25.3 Å². The number of fused-ring (bicyclic) bond motifs is 1. The number of carbonyl (C=O) groups excluding carboxylic acids is 1. The highest BCUT2D eigenvalue weighted by Crippen LogP contribution is 2.11. The number of rotatable bonds is 5. The van der Waals surface area contributed by atoms with Gasteiger partial charge in [0, 0.05) is 6.42 Å². The van der Waals surface area contributed by atoms with Crippen LogP contribution in [0.15, 0.2) is 18.2 Å². The summed E-state index contributed by atoms with van der Waals surface area (Å²) >= 11 is 0. The average Bonchev–Trinajstić information content (AvgIpc) is 2.71. The molecule has 0 aliphatic heterocycles. The molecule has 0 unspecified atom stereocenters. The number of nitrogens with zero attached hydrogens (tertiary/aromatic N) is 3. The standard InChI is InChI=1S/C13H17N3O2/c1-3-18-13(17)5-4-8-16-14-11-7-6-10(2)9-12(11)15-16/h6-7,9H,3-5,8H2,1-2H3. The average molecular weight is 247 g/mol.